The van der Waals surface area contributed by atoms with E-state index in [1.807, 2.05) is 0 Å². The van der Waals surface area contributed by atoms with Crippen molar-refractivity contribution in [2.24, 2.45) is 11.7 Å². The van der Waals surface area contributed by atoms with Crippen LogP contribution in [0, 0.1) is 12.8 Å². The van der Waals surface area contributed by atoms with Gasteiger partial charge in [0.2, 0.25) is 0 Å². The van der Waals surface area contributed by atoms with Gasteiger partial charge in [-0.3, -0.25) is 0 Å². The van der Waals surface area contributed by atoms with E-state index in [2.05, 4.69) is 45.0 Å². The molecule has 2 heteroatoms. The molecule has 1 rings (SSSR count). The molecule has 0 unspecified atom stereocenters. The van der Waals surface area contributed by atoms with Gasteiger partial charge in [-0.25, -0.2) is 0 Å². The highest BCUT2D eigenvalue weighted by molar-refractivity contribution is 5.85. The normalized spacial score (nSPS) is 12.4. The Kier molecular flexibility index (Phi) is 5.82. The second kappa shape index (κ2) is 6.05. The number of hydrogen-bond donors (Lipinski definition) is 1. The van der Waals surface area contributed by atoms with Crippen molar-refractivity contribution in [3.8, 4) is 0 Å². The maximum Gasteiger partial charge on any atom is 0.0297 e. The lowest BCUT2D eigenvalue weighted by Crippen LogP contribution is -2.12. The van der Waals surface area contributed by atoms with Crippen LogP contribution in [-0.2, 0) is 0 Å². The van der Waals surface area contributed by atoms with Crippen LogP contribution in [-0.4, -0.2) is 0 Å². The van der Waals surface area contributed by atoms with E-state index in [0.717, 1.165) is 6.42 Å². The van der Waals surface area contributed by atoms with Crippen LogP contribution >= 0.6 is 12.4 Å². The van der Waals surface area contributed by atoms with E-state index in [1.165, 1.54) is 11.1 Å². The van der Waals surface area contributed by atoms with Crippen molar-refractivity contribution in [1.29, 1.82) is 0 Å². The highest BCUT2D eigenvalue weighted by Crippen LogP contribution is 2.18. The first-order valence-corrected chi connectivity index (χ1v) is 4.91. The molecular weight excluding hydrogens is 194 g/mol. The van der Waals surface area contributed by atoms with Crippen molar-refractivity contribution >= 4 is 12.4 Å². The first-order chi connectivity index (χ1) is 6.09. The van der Waals surface area contributed by atoms with Gasteiger partial charge in [0.1, 0.15) is 0 Å². The molecule has 0 aromatic heterocycles. The molecule has 1 atom stereocenters. The summed E-state index contributed by atoms with van der Waals surface area (Å²) in [5.74, 6) is 0.663. The van der Waals surface area contributed by atoms with Gasteiger partial charge in [0.15, 0.2) is 0 Å². The molecular formula is C12H20ClN. The fourth-order valence-electron chi connectivity index (χ4n) is 1.46. The number of rotatable bonds is 3. The Morgan fingerprint density at radius 2 is 1.64 bits per heavy atom. The molecule has 14 heavy (non-hydrogen) atoms. The minimum absolute atomic E-state index is 0. The highest BCUT2D eigenvalue weighted by atomic mass is 35.5. The third-order valence-corrected chi connectivity index (χ3v) is 2.23. The Labute approximate surface area is 93.1 Å². The smallest absolute Gasteiger partial charge is 0.0297 e. The average Bonchev–Trinajstić information content (AvgIpc) is 2.04. The summed E-state index contributed by atoms with van der Waals surface area (Å²) in [6, 6.07) is 8.69. The van der Waals surface area contributed by atoms with Crippen LogP contribution in [0.1, 0.15) is 37.4 Å². The van der Waals surface area contributed by atoms with Gasteiger partial charge in [-0.1, -0.05) is 43.7 Å². The van der Waals surface area contributed by atoms with E-state index in [4.69, 9.17) is 5.73 Å². The zero-order chi connectivity index (χ0) is 9.84. The summed E-state index contributed by atoms with van der Waals surface area (Å²) in [5, 5.41) is 0. The summed E-state index contributed by atoms with van der Waals surface area (Å²) in [6.45, 7) is 6.50. The molecule has 0 saturated carbocycles. The van der Waals surface area contributed by atoms with Crippen LogP contribution in [0.3, 0.4) is 0 Å². The van der Waals surface area contributed by atoms with Gasteiger partial charge in [-0.15, -0.1) is 12.4 Å². The van der Waals surface area contributed by atoms with Crippen LogP contribution in [0.25, 0.3) is 0 Å². The second-order valence-electron chi connectivity index (χ2n) is 4.15. The highest BCUT2D eigenvalue weighted by Gasteiger charge is 2.07. The minimum Gasteiger partial charge on any atom is -0.324 e. The molecule has 1 aromatic carbocycles. The topological polar surface area (TPSA) is 26.0 Å². The zero-order valence-electron chi connectivity index (χ0n) is 9.16. The monoisotopic (exact) mass is 213 g/mol. The van der Waals surface area contributed by atoms with Gasteiger partial charge in [0.05, 0.1) is 0 Å². The SMILES string of the molecule is Cc1ccc([C@@H](N)CC(C)C)cc1.Cl. The number of aryl methyl sites for hydroxylation is 1. The minimum atomic E-state index is 0. The molecule has 1 aromatic rings. The number of benzene rings is 1. The summed E-state index contributed by atoms with van der Waals surface area (Å²) < 4.78 is 0. The third kappa shape index (κ3) is 4.12. The Morgan fingerprint density at radius 3 is 2.07 bits per heavy atom. The van der Waals surface area contributed by atoms with Gasteiger partial charge in [0.25, 0.3) is 0 Å². The Morgan fingerprint density at radius 1 is 1.14 bits per heavy atom. The number of nitrogens with two attached hydrogens (primary N) is 1. The summed E-state index contributed by atoms with van der Waals surface area (Å²) in [4.78, 5) is 0. The first kappa shape index (κ1) is 13.5. The van der Waals surface area contributed by atoms with E-state index in [1.54, 1.807) is 0 Å². The van der Waals surface area contributed by atoms with Gasteiger partial charge in [-0.2, -0.15) is 0 Å². The lowest BCUT2D eigenvalue weighted by molar-refractivity contribution is 0.510. The van der Waals surface area contributed by atoms with Crippen LogP contribution in [0.5, 0.6) is 0 Å². The molecule has 0 radical (unpaired) electrons. The van der Waals surface area contributed by atoms with E-state index >= 15 is 0 Å². The quantitative estimate of drug-likeness (QED) is 0.818. The standard InChI is InChI=1S/C12H19N.ClH/c1-9(2)8-12(13)11-6-4-10(3)5-7-11;/h4-7,9,12H,8,13H2,1-3H3;1H/t12-;/m0./s1. The molecule has 0 spiro atoms. The molecule has 0 aliphatic heterocycles. The lowest BCUT2D eigenvalue weighted by atomic mass is 9.97. The second-order valence-corrected chi connectivity index (χ2v) is 4.15. The Balaban J connectivity index is 0.00000169. The fourth-order valence-corrected chi connectivity index (χ4v) is 1.46. The summed E-state index contributed by atoms with van der Waals surface area (Å²) in [5.41, 5.74) is 8.59. The molecule has 0 aliphatic carbocycles. The van der Waals surface area contributed by atoms with Gasteiger partial charge in [0, 0.05) is 6.04 Å². The maximum absolute atomic E-state index is 6.05. The number of hydrogen-bond acceptors (Lipinski definition) is 1. The summed E-state index contributed by atoms with van der Waals surface area (Å²) in [7, 11) is 0. The van der Waals surface area contributed by atoms with Gasteiger partial charge < -0.3 is 5.73 Å². The predicted octanol–water partition coefficient (Wildman–Crippen LogP) is 3.46. The molecule has 0 amide bonds. The van der Waals surface area contributed by atoms with Crippen molar-refractivity contribution in [1.82, 2.24) is 0 Å². The molecule has 1 nitrogen and oxygen atoms in total. The van der Waals surface area contributed by atoms with Crippen molar-refractivity contribution in [2.45, 2.75) is 33.2 Å². The Hall–Kier alpha value is -0.530. The molecule has 2 N–H and O–H groups in total. The third-order valence-electron chi connectivity index (χ3n) is 2.23. The first-order valence-electron chi connectivity index (χ1n) is 4.91. The molecule has 0 heterocycles. The number of halogens is 1. The Bertz CT molecular complexity index is 254. The molecule has 80 valence electrons. The summed E-state index contributed by atoms with van der Waals surface area (Å²) >= 11 is 0. The molecule has 0 bridgehead atoms. The van der Waals surface area contributed by atoms with Crippen LogP contribution in [0.4, 0.5) is 0 Å². The summed E-state index contributed by atoms with van der Waals surface area (Å²) in [6.07, 6.45) is 1.06. The van der Waals surface area contributed by atoms with Crippen molar-refractivity contribution < 1.29 is 0 Å². The molecule has 0 saturated heterocycles. The fraction of sp³-hybridized carbons (Fsp3) is 0.500. The van der Waals surface area contributed by atoms with Crippen molar-refractivity contribution in [2.75, 3.05) is 0 Å². The zero-order valence-corrected chi connectivity index (χ0v) is 9.97. The van der Waals surface area contributed by atoms with Crippen molar-refractivity contribution in [3.63, 3.8) is 0 Å². The van der Waals surface area contributed by atoms with E-state index < -0.39 is 0 Å². The van der Waals surface area contributed by atoms with E-state index in [9.17, 15) is 0 Å². The lowest BCUT2D eigenvalue weighted by Gasteiger charge is -2.14. The maximum atomic E-state index is 6.05. The van der Waals surface area contributed by atoms with E-state index in [-0.39, 0.29) is 18.4 Å². The average molecular weight is 214 g/mol. The van der Waals surface area contributed by atoms with Gasteiger partial charge >= 0.3 is 0 Å². The molecule has 0 aliphatic rings. The molecule has 0 fully saturated rings. The van der Waals surface area contributed by atoms with Crippen LogP contribution in [0.15, 0.2) is 24.3 Å². The van der Waals surface area contributed by atoms with E-state index in [0.29, 0.717) is 5.92 Å². The van der Waals surface area contributed by atoms with Crippen molar-refractivity contribution in [3.05, 3.63) is 35.4 Å². The largest absolute Gasteiger partial charge is 0.324 e. The van der Waals surface area contributed by atoms with Gasteiger partial charge in [-0.05, 0) is 24.8 Å². The predicted molar refractivity (Wildman–Crippen MR) is 64.8 cm³/mol. The van der Waals surface area contributed by atoms with Crippen LogP contribution in [0.2, 0.25) is 0 Å². The van der Waals surface area contributed by atoms with Crippen LogP contribution < -0.4 is 5.73 Å².